The molecule has 3 aromatic rings. The van der Waals surface area contributed by atoms with E-state index in [2.05, 4.69) is 11.5 Å². The van der Waals surface area contributed by atoms with Crippen LogP contribution in [0, 0.1) is 0 Å². The van der Waals surface area contributed by atoms with Gasteiger partial charge in [0.2, 0.25) is 5.76 Å². The largest absolute Gasteiger partial charge is 0.494 e. The number of hydrogen-bond donors (Lipinski definition) is 0. The molecule has 8 nitrogen and oxygen atoms in total. The van der Waals surface area contributed by atoms with Crippen LogP contribution < -0.4 is 14.9 Å². The van der Waals surface area contributed by atoms with E-state index < -0.39 is 6.04 Å². The highest BCUT2D eigenvalue weighted by molar-refractivity contribution is 5.99. The molecule has 0 aliphatic carbocycles. The highest BCUT2D eigenvalue weighted by Crippen LogP contribution is 2.39. The molecule has 8 heteroatoms. The van der Waals surface area contributed by atoms with Crippen molar-refractivity contribution >= 4 is 16.9 Å². The lowest BCUT2D eigenvalue weighted by Gasteiger charge is -2.29. The lowest BCUT2D eigenvalue weighted by atomic mass is 9.98. The zero-order valence-corrected chi connectivity index (χ0v) is 21.1. The van der Waals surface area contributed by atoms with Crippen molar-refractivity contribution in [3.8, 4) is 11.5 Å². The molecule has 1 amide bonds. The van der Waals surface area contributed by atoms with Gasteiger partial charge in [-0.3, -0.25) is 14.5 Å². The fraction of sp³-hybridized carbons (Fsp3) is 0.379. The highest BCUT2D eigenvalue weighted by Gasteiger charge is 2.42. The maximum absolute atomic E-state index is 13.8. The molecule has 5 rings (SSSR count). The Balaban J connectivity index is 1.53. The van der Waals surface area contributed by atoms with Gasteiger partial charge in [-0.15, -0.1) is 0 Å². The van der Waals surface area contributed by atoms with Gasteiger partial charge in [-0.2, -0.15) is 0 Å². The van der Waals surface area contributed by atoms with E-state index in [9.17, 15) is 9.59 Å². The first-order chi connectivity index (χ1) is 18.1. The minimum absolute atomic E-state index is 0.0972. The van der Waals surface area contributed by atoms with Crippen LogP contribution in [0.25, 0.3) is 11.0 Å². The summed E-state index contributed by atoms with van der Waals surface area (Å²) in [5, 5.41) is 0.425. The van der Waals surface area contributed by atoms with Crippen molar-refractivity contribution in [2.24, 2.45) is 0 Å². The van der Waals surface area contributed by atoms with Crippen LogP contribution in [0.15, 0.2) is 64.3 Å². The molecule has 0 spiro atoms. The second-order valence-electron chi connectivity index (χ2n) is 9.15. The molecule has 1 fully saturated rings. The van der Waals surface area contributed by atoms with Gasteiger partial charge in [0.15, 0.2) is 5.43 Å². The fourth-order valence-electron chi connectivity index (χ4n) is 5.05. The van der Waals surface area contributed by atoms with E-state index in [1.807, 2.05) is 31.2 Å². The van der Waals surface area contributed by atoms with Gasteiger partial charge >= 0.3 is 0 Å². The molecule has 3 heterocycles. The Kier molecular flexibility index (Phi) is 7.58. The number of ether oxygens (including phenoxy) is 3. The van der Waals surface area contributed by atoms with Crippen LogP contribution in [0.4, 0.5) is 0 Å². The van der Waals surface area contributed by atoms with Crippen LogP contribution in [-0.4, -0.2) is 68.3 Å². The zero-order valence-electron chi connectivity index (χ0n) is 21.1. The molecule has 0 N–H and O–H groups in total. The van der Waals surface area contributed by atoms with Crippen LogP contribution in [-0.2, 0) is 4.74 Å². The highest BCUT2D eigenvalue weighted by atomic mass is 16.5. The molecule has 0 bridgehead atoms. The van der Waals surface area contributed by atoms with Crippen LogP contribution in [0.3, 0.4) is 0 Å². The lowest BCUT2D eigenvalue weighted by Crippen LogP contribution is -2.38. The number of nitrogens with zero attached hydrogens (tertiary/aromatic N) is 2. The smallest absolute Gasteiger partial charge is 0.290 e. The van der Waals surface area contributed by atoms with Gasteiger partial charge in [0, 0.05) is 32.2 Å². The number of benzene rings is 2. The van der Waals surface area contributed by atoms with Crippen molar-refractivity contribution in [3.05, 3.63) is 82.2 Å². The molecule has 37 heavy (non-hydrogen) atoms. The topological polar surface area (TPSA) is 81.5 Å². The predicted octanol–water partition coefficient (Wildman–Crippen LogP) is 4.02. The second-order valence-corrected chi connectivity index (χ2v) is 9.15. The van der Waals surface area contributed by atoms with Crippen molar-refractivity contribution in [2.75, 3.05) is 52.6 Å². The van der Waals surface area contributed by atoms with E-state index in [1.165, 1.54) is 0 Å². The monoisotopic (exact) mass is 504 g/mol. The maximum atomic E-state index is 13.8. The van der Waals surface area contributed by atoms with Gasteiger partial charge in [0.25, 0.3) is 5.91 Å². The Labute approximate surface area is 216 Å². The Morgan fingerprint density at radius 1 is 1.05 bits per heavy atom. The van der Waals surface area contributed by atoms with Gasteiger partial charge in [0.1, 0.15) is 23.7 Å². The van der Waals surface area contributed by atoms with Gasteiger partial charge in [-0.25, -0.2) is 0 Å². The number of carbonyl (C=O) groups excluding carboxylic acids is 1. The normalized spacial score (nSPS) is 17.7. The number of fused-ring (bicyclic) bond motifs is 2. The van der Waals surface area contributed by atoms with Gasteiger partial charge in [-0.05, 0) is 43.2 Å². The van der Waals surface area contributed by atoms with E-state index in [0.717, 1.165) is 44.8 Å². The van der Waals surface area contributed by atoms with Crippen molar-refractivity contribution in [3.63, 3.8) is 0 Å². The van der Waals surface area contributed by atoms with Crippen molar-refractivity contribution in [2.45, 2.75) is 19.4 Å². The van der Waals surface area contributed by atoms with Crippen LogP contribution in [0.1, 0.15) is 41.1 Å². The molecular weight excluding hydrogens is 472 g/mol. The molecule has 1 saturated heterocycles. The number of morpholine rings is 1. The summed E-state index contributed by atoms with van der Waals surface area (Å²) in [6.07, 6.45) is 2.45. The molecule has 1 aromatic heterocycles. The molecule has 194 valence electrons. The van der Waals surface area contributed by atoms with Crippen molar-refractivity contribution in [1.82, 2.24) is 9.80 Å². The molecule has 2 aliphatic rings. The van der Waals surface area contributed by atoms with Gasteiger partial charge < -0.3 is 23.5 Å². The number of carbonyl (C=O) groups is 1. The molecule has 2 aromatic carbocycles. The number of hydrogen-bond acceptors (Lipinski definition) is 7. The van der Waals surface area contributed by atoms with E-state index in [4.69, 9.17) is 18.6 Å². The summed E-state index contributed by atoms with van der Waals surface area (Å²) < 4.78 is 22.9. The third-order valence-corrected chi connectivity index (χ3v) is 6.77. The fourth-order valence-corrected chi connectivity index (χ4v) is 5.05. The van der Waals surface area contributed by atoms with Gasteiger partial charge in [-0.1, -0.05) is 24.8 Å². The Morgan fingerprint density at radius 3 is 2.65 bits per heavy atom. The predicted molar refractivity (Wildman–Crippen MR) is 141 cm³/mol. The SMILES string of the molecule is C=CCOc1cccc(C2c3c(oc4cc(OCC)ccc4c3=O)C(=O)N2CCCN2CCOCC2)c1. The third-order valence-electron chi connectivity index (χ3n) is 6.77. The molecule has 1 unspecified atom stereocenters. The molecular formula is C29H32N2O6. The van der Waals surface area contributed by atoms with E-state index >= 15 is 0 Å². The van der Waals surface area contributed by atoms with Crippen molar-refractivity contribution < 1.29 is 23.4 Å². The molecule has 2 aliphatic heterocycles. The van der Waals surface area contributed by atoms with E-state index in [0.29, 0.717) is 47.8 Å². The summed E-state index contributed by atoms with van der Waals surface area (Å²) in [6.45, 7) is 11.0. The van der Waals surface area contributed by atoms with E-state index in [-0.39, 0.29) is 17.1 Å². The molecule has 0 saturated carbocycles. The Bertz CT molecular complexity index is 1340. The Morgan fingerprint density at radius 2 is 1.86 bits per heavy atom. The van der Waals surface area contributed by atoms with Crippen molar-refractivity contribution in [1.29, 1.82) is 0 Å². The van der Waals surface area contributed by atoms with Crippen LogP contribution >= 0.6 is 0 Å². The van der Waals surface area contributed by atoms with Gasteiger partial charge in [0.05, 0.1) is 36.8 Å². The summed E-state index contributed by atoms with van der Waals surface area (Å²) in [4.78, 5) is 31.6. The average molecular weight is 505 g/mol. The number of rotatable bonds is 10. The summed E-state index contributed by atoms with van der Waals surface area (Å²) in [6, 6.07) is 12.1. The molecule has 0 radical (unpaired) electrons. The summed E-state index contributed by atoms with van der Waals surface area (Å²) in [5.74, 6) is 1.06. The summed E-state index contributed by atoms with van der Waals surface area (Å²) in [5.41, 5.74) is 1.32. The average Bonchev–Trinajstić information content (AvgIpc) is 3.20. The number of amides is 1. The first-order valence-electron chi connectivity index (χ1n) is 12.8. The summed E-state index contributed by atoms with van der Waals surface area (Å²) in [7, 11) is 0. The Hall–Kier alpha value is -3.62. The second kappa shape index (κ2) is 11.2. The minimum atomic E-state index is -0.563. The zero-order chi connectivity index (χ0) is 25.8. The molecule has 1 atom stereocenters. The lowest BCUT2D eigenvalue weighted by molar-refractivity contribution is 0.0353. The standard InChI is InChI=1S/C29H32N2O6/c1-3-15-36-21-8-5-7-20(18-21)26-25-27(32)23-10-9-22(35-4-2)19-24(23)37-28(25)29(33)31(26)12-6-11-30-13-16-34-17-14-30/h3,5,7-10,18-19,26H,1,4,6,11-17H2,2H3. The minimum Gasteiger partial charge on any atom is -0.494 e. The maximum Gasteiger partial charge on any atom is 0.290 e. The quantitative estimate of drug-likeness (QED) is 0.386. The third kappa shape index (κ3) is 5.12. The van der Waals surface area contributed by atoms with Crippen LogP contribution in [0.5, 0.6) is 11.5 Å². The first-order valence-corrected chi connectivity index (χ1v) is 12.8. The van der Waals surface area contributed by atoms with E-state index in [1.54, 1.807) is 29.2 Å². The summed E-state index contributed by atoms with van der Waals surface area (Å²) >= 11 is 0. The first kappa shape index (κ1) is 25.0. The van der Waals surface area contributed by atoms with Crippen LogP contribution in [0.2, 0.25) is 0 Å².